The van der Waals surface area contributed by atoms with Gasteiger partial charge >= 0.3 is 0 Å². The second-order valence-electron chi connectivity index (χ2n) is 6.96. The van der Waals surface area contributed by atoms with Crippen molar-refractivity contribution in [1.82, 2.24) is 4.98 Å². The molecule has 1 aliphatic rings. The van der Waals surface area contributed by atoms with E-state index in [0.717, 1.165) is 35.6 Å². The summed E-state index contributed by atoms with van der Waals surface area (Å²) in [4.78, 5) is 4.48. The van der Waals surface area contributed by atoms with Crippen molar-refractivity contribution >= 4 is 23.1 Å². The molecule has 1 unspecified atom stereocenters. The Balaban J connectivity index is 1.94. The summed E-state index contributed by atoms with van der Waals surface area (Å²) < 4.78 is 29.1. The minimum Gasteiger partial charge on any atom is -0.238 e. The van der Waals surface area contributed by atoms with Crippen LogP contribution >= 0.6 is 23.1 Å². The Morgan fingerprint density at radius 3 is 2.37 bits per heavy atom. The molecular formula is C22H21F2NS2. The SMILES string of the molecule is Fc1ccc(C(Sc2nccs2)(c2ccccc2F)C2CCCCC2)cc1. The lowest BCUT2D eigenvalue weighted by molar-refractivity contribution is 0.302. The van der Waals surface area contributed by atoms with Crippen LogP contribution in [0.15, 0.2) is 64.4 Å². The van der Waals surface area contributed by atoms with Gasteiger partial charge in [0.1, 0.15) is 11.6 Å². The van der Waals surface area contributed by atoms with Crippen molar-refractivity contribution in [2.24, 2.45) is 5.92 Å². The van der Waals surface area contributed by atoms with Crippen LogP contribution in [0.2, 0.25) is 0 Å². The Hall–Kier alpha value is -1.72. The zero-order valence-corrected chi connectivity index (χ0v) is 16.5. The van der Waals surface area contributed by atoms with E-state index in [4.69, 9.17) is 0 Å². The number of hydrogen-bond acceptors (Lipinski definition) is 3. The highest BCUT2D eigenvalue weighted by atomic mass is 32.2. The Kier molecular flexibility index (Phi) is 5.60. The summed E-state index contributed by atoms with van der Waals surface area (Å²) in [6.45, 7) is 0. The highest BCUT2D eigenvalue weighted by Crippen LogP contribution is 2.56. The lowest BCUT2D eigenvalue weighted by atomic mass is 9.72. The molecule has 1 fully saturated rings. The van der Waals surface area contributed by atoms with Crippen molar-refractivity contribution in [2.45, 2.75) is 41.2 Å². The summed E-state index contributed by atoms with van der Waals surface area (Å²) in [6.07, 6.45) is 7.34. The van der Waals surface area contributed by atoms with Crippen molar-refractivity contribution in [1.29, 1.82) is 0 Å². The van der Waals surface area contributed by atoms with Gasteiger partial charge in [-0.25, -0.2) is 13.8 Å². The molecule has 0 saturated heterocycles. The van der Waals surface area contributed by atoms with Crippen molar-refractivity contribution in [3.8, 4) is 0 Å². The second kappa shape index (κ2) is 8.11. The zero-order chi connectivity index (χ0) is 18.7. The molecule has 1 atom stereocenters. The number of benzene rings is 2. The number of rotatable bonds is 5. The molecule has 4 rings (SSSR count). The summed E-state index contributed by atoms with van der Waals surface area (Å²) in [6, 6.07) is 13.6. The fourth-order valence-electron chi connectivity index (χ4n) is 4.18. The molecule has 1 aliphatic carbocycles. The topological polar surface area (TPSA) is 12.9 Å². The minimum absolute atomic E-state index is 0.212. The molecule has 0 aliphatic heterocycles. The third-order valence-corrected chi connectivity index (χ3v) is 7.88. The molecule has 1 aromatic heterocycles. The summed E-state index contributed by atoms with van der Waals surface area (Å²) >= 11 is 3.19. The predicted octanol–water partition coefficient (Wildman–Crippen LogP) is 7.04. The van der Waals surface area contributed by atoms with Crippen LogP contribution in [-0.2, 0) is 4.75 Å². The summed E-state index contributed by atoms with van der Waals surface area (Å²) in [7, 11) is 0. The van der Waals surface area contributed by atoms with Crippen molar-refractivity contribution < 1.29 is 8.78 Å². The molecule has 0 spiro atoms. The molecule has 0 radical (unpaired) electrons. The second-order valence-corrected chi connectivity index (χ2v) is 9.35. The number of halogens is 2. The lowest BCUT2D eigenvalue weighted by Gasteiger charge is -2.43. The first-order chi connectivity index (χ1) is 13.2. The molecule has 5 heteroatoms. The van der Waals surface area contributed by atoms with Gasteiger partial charge in [-0.3, -0.25) is 0 Å². The first kappa shape index (κ1) is 18.6. The standard InChI is InChI=1S/C22H21F2NS2/c23-18-12-10-17(11-13-18)22(16-6-2-1-3-7-16,27-21-25-14-15-26-21)19-8-4-5-9-20(19)24/h4-5,8-16H,1-3,6-7H2. The average molecular weight is 402 g/mol. The number of hydrogen-bond donors (Lipinski definition) is 0. The fourth-order valence-corrected chi connectivity index (χ4v) is 6.61. The third kappa shape index (κ3) is 3.67. The maximum Gasteiger partial charge on any atom is 0.150 e. The van der Waals surface area contributed by atoms with E-state index < -0.39 is 4.75 Å². The Morgan fingerprint density at radius 1 is 0.963 bits per heavy atom. The Labute approximate surface area is 166 Å². The molecule has 0 amide bonds. The molecule has 1 nitrogen and oxygen atoms in total. The van der Waals surface area contributed by atoms with Gasteiger partial charge in [0, 0.05) is 17.1 Å². The first-order valence-corrected chi connectivity index (χ1v) is 11.0. The Bertz CT molecular complexity index is 874. The fraction of sp³-hybridized carbons (Fsp3) is 0.318. The predicted molar refractivity (Wildman–Crippen MR) is 108 cm³/mol. The van der Waals surface area contributed by atoms with Gasteiger partial charge in [-0.05, 0) is 42.5 Å². The maximum atomic E-state index is 15.1. The van der Waals surface area contributed by atoms with Gasteiger partial charge in [-0.15, -0.1) is 11.3 Å². The van der Waals surface area contributed by atoms with E-state index in [1.165, 1.54) is 24.6 Å². The van der Waals surface area contributed by atoms with Crippen LogP contribution in [0.4, 0.5) is 8.78 Å². The van der Waals surface area contributed by atoms with Gasteiger partial charge in [0.25, 0.3) is 0 Å². The van der Waals surface area contributed by atoms with Crippen LogP contribution in [-0.4, -0.2) is 4.98 Å². The zero-order valence-electron chi connectivity index (χ0n) is 14.9. The molecule has 3 aromatic rings. The average Bonchev–Trinajstić information content (AvgIpc) is 3.21. The van der Waals surface area contributed by atoms with E-state index in [1.54, 1.807) is 35.4 Å². The smallest absolute Gasteiger partial charge is 0.150 e. The van der Waals surface area contributed by atoms with E-state index in [-0.39, 0.29) is 17.6 Å². The molecule has 140 valence electrons. The monoisotopic (exact) mass is 401 g/mol. The molecule has 27 heavy (non-hydrogen) atoms. The van der Waals surface area contributed by atoms with Crippen LogP contribution in [0.25, 0.3) is 0 Å². The number of nitrogens with zero attached hydrogens (tertiary/aromatic N) is 1. The van der Waals surface area contributed by atoms with E-state index >= 15 is 4.39 Å². The van der Waals surface area contributed by atoms with Gasteiger partial charge in [0.05, 0.1) is 4.75 Å². The van der Waals surface area contributed by atoms with Crippen LogP contribution in [0.1, 0.15) is 43.2 Å². The molecule has 0 bridgehead atoms. The van der Waals surface area contributed by atoms with Gasteiger partial charge in [-0.2, -0.15) is 0 Å². The normalized spacial score (nSPS) is 17.6. The molecule has 1 heterocycles. The highest BCUT2D eigenvalue weighted by molar-refractivity contribution is 8.02. The van der Waals surface area contributed by atoms with Crippen molar-refractivity contribution in [3.63, 3.8) is 0 Å². The third-order valence-electron chi connectivity index (χ3n) is 5.39. The van der Waals surface area contributed by atoms with Gasteiger partial charge < -0.3 is 0 Å². The van der Waals surface area contributed by atoms with E-state index in [0.29, 0.717) is 5.56 Å². The van der Waals surface area contributed by atoms with Crippen molar-refractivity contribution in [3.05, 3.63) is 82.9 Å². The van der Waals surface area contributed by atoms with Crippen molar-refractivity contribution in [2.75, 3.05) is 0 Å². The van der Waals surface area contributed by atoms with Gasteiger partial charge in [0.2, 0.25) is 0 Å². The number of thiazole rings is 1. The number of thioether (sulfide) groups is 1. The first-order valence-electron chi connectivity index (χ1n) is 9.30. The van der Waals surface area contributed by atoms with Gasteiger partial charge in [0.15, 0.2) is 4.34 Å². The molecule has 2 aromatic carbocycles. The molecule has 0 N–H and O–H groups in total. The molecule has 1 saturated carbocycles. The maximum absolute atomic E-state index is 15.1. The number of aromatic nitrogens is 1. The van der Waals surface area contributed by atoms with Crippen LogP contribution in [0.5, 0.6) is 0 Å². The van der Waals surface area contributed by atoms with Crippen LogP contribution < -0.4 is 0 Å². The lowest BCUT2D eigenvalue weighted by Crippen LogP contribution is -2.35. The van der Waals surface area contributed by atoms with E-state index in [9.17, 15) is 4.39 Å². The van der Waals surface area contributed by atoms with Crippen LogP contribution in [0.3, 0.4) is 0 Å². The van der Waals surface area contributed by atoms with Crippen LogP contribution in [0, 0.1) is 17.6 Å². The quantitative estimate of drug-likeness (QED) is 0.425. The van der Waals surface area contributed by atoms with Gasteiger partial charge in [-0.1, -0.05) is 61.4 Å². The minimum atomic E-state index is -0.614. The highest BCUT2D eigenvalue weighted by Gasteiger charge is 2.45. The Morgan fingerprint density at radius 2 is 1.70 bits per heavy atom. The van der Waals surface area contributed by atoms with E-state index in [1.807, 2.05) is 29.6 Å². The summed E-state index contributed by atoms with van der Waals surface area (Å²) in [5.74, 6) is -0.219. The largest absolute Gasteiger partial charge is 0.238 e. The van der Waals surface area contributed by atoms with E-state index in [2.05, 4.69) is 4.98 Å². The summed E-state index contributed by atoms with van der Waals surface area (Å²) in [5.41, 5.74) is 1.62. The molecular weight excluding hydrogens is 380 g/mol. The summed E-state index contributed by atoms with van der Waals surface area (Å²) in [5, 5.41) is 1.94.